The number of rotatable bonds is 3. The van der Waals surface area contributed by atoms with Gasteiger partial charge in [0.05, 0.1) is 12.2 Å². The van der Waals surface area contributed by atoms with E-state index in [1.54, 1.807) is 19.1 Å². The number of halogens is 1. The van der Waals surface area contributed by atoms with Gasteiger partial charge in [-0.3, -0.25) is 4.79 Å². The van der Waals surface area contributed by atoms with Crippen LogP contribution >= 0.6 is 15.9 Å². The van der Waals surface area contributed by atoms with Crippen LogP contribution in [0.2, 0.25) is 0 Å². The molecule has 2 heterocycles. The molecular weight excluding hydrogens is 276 g/mol. The van der Waals surface area contributed by atoms with E-state index in [1.807, 2.05) is 0 Å². The molecule has 0 aliphatic heterocycles. The van der Waals surface area contributed by atoms with Crippen molar-refractivity contribution in [2.24, 2.45) is 0 Å². The Morgan fingerprint density at radius 3 is 2.94 bits per heavy atom. The molecule has 0 radical (unpaired) electrons. The quantitative estimate of drug-likeness (QED) is 0.939. The van der Waals surface area contributed by atoms with Gasteiger partial charge in [0.1, 0.15) is 6.26 Å². The second kappa shape index (κ2) is 4.52. The summed E-state index contributed by atoms with van der Waals surface area (Å²) in [7, 11) is 0. The van der Waals surface area contributed by atoms with Crippen LogP contribution in [0.15, 0.2) is 31.9 Å². The van der Waals surface area contributed by atoms with Crippen molar-refractivity contribution in [3.63, 3.8) is 0 Å². The molecule has 2 rings (SSSR count). The Morgan fingerprint density at radius 2 is 2.38 bits per heavy atom. The summed E-state index contributed by atoms with van der Waals surface area (Å²) in [4.78, 5) is 15.6. The van der Waals surface area contributed by atoms with Gasteiger partial charge in [-0.15, -0.1) is 0 Å². The maximum Gasteiger partial charge on any atom is 0.287 e. The summed E-state index contributed by atoms with van der Waals surface area (Å²) in [6, 6.07) is 3.25. The van der Waals surface area contributed by atoms with Crippen molar-refractivity contribution in [3.05, 3.63) is 40.4 Å². The number of hydrogen-bond acceptors (Lipinski definition) is 4. The second-order valence-corrected chi connectivity index (χ2v) is 3.93. The monoisotopic (exact) mass is 284 g/mol. The van der Waals surface area contributed by atoms with Crippen LogP contribution in [0.1, 0.15) is 22.1 Å². The third-order valence-corrected chi connectivity index (χ3v) is 2.32. The summed E-state index contributed by atoms with van der Waals surface area (Å²) in [6.07, 6.45) is 1.51. The lowest BCUT2D eigenvalue weighted by Crippen LogP contribution is -2.22. The van der Waals surface area contributed by atoms with E-state index in [9.17, 15) is 4.79 Å². The molecule has 0 aliphatic carbocycles. The molecule has 0 aliphatic rings. The molecule has 2 aromatic heterocycles. The smallest absolute Gasteiger partial charge is 0.287 e. The van der Waals surface area contributed by atoms with Crippen molar-refractivity contribution in [2.45, 2.75) is 13.5 Å². The zero-order chi connectivity index (χ0) is 11.5. The first-order valence-electron chi connectivity index (χ1n) is 4.59. The fraction of sp³-hybridized carbons (Fsp3) is 0.200. The molecule has 0 spiro atoms. The average Bonchev–Trinajstić information content (AvgIpc) is 2.84. The standard InChI is InChI=1S/C10H9BrN2O3/c1-6-13-7(5-15-6)4-12-10(14)8-2-3-9(11)16-8/h2-3,5H,4H2,1H3,(H,12,14). The van der Waals surface area contributed by atoms with E-state index < -0.39 is 0 Å². The lowest BCUT2D eigenvalue weighted by molar-refractivity contribution is 0.0921. The van der Waals surface area contributed by atoms with Crippen LogP contribution in [0.5, 0.6) is 0 Å². The van der Waals surface area contributed by atoms with Gasteiger partial charge in [0.25, 0.3) is 5.91 Å². The predicted molar refractivity (Wildman–Crippen MR) is 58.8 cm³/mol. The zero-order valence-electron chi connectivity index (χ0n) is 8.49. The van der Waals surface area contributed by atoms with E-state index >= 15 is 0 Å². The Balaban J connectivity index is 1.93. The van der Waals surface area contributed by atoms with E-state index in [1.165, 1.54) is 6.26 Å². The first-order chi connectivity index (χ1) is 7.65. The summed E-state index contributed by atoms with van der Waals surface area (Å²) < 4.78 is 10.6. The first kappa shape index (κ1) is 10.9. The van der Waals surface area contributed by atoms with Crippen molar-refractivity contribution in [2.75, 3.05) is 0 Å². The number of amides is 1. The predicted octanol–water partition coefficient (Wildman–Crippen LogP) is 2.27. The van der Waals surface area contributed by atoms with E-state index in [0.717, 1.165) is 0 Å². The topological polar surface area (TPSA) is 68.3 Å². The summed E-state index contributed by atoms with van der Waals surface area (Å²) in [6.45, 7) is 2.06. The van der Waals surface area contributed by atoms with Gasteiger partial charge >= 0.3 is 0 Å². The lowest BCUT2D eigenvalue weighted by Gasteiger charge is -1.98. The molecule has 16 heavy (non-hydrogen) atoms. The molecule has 0 bridgehead atoms. The first-order valence-corrected chi connectivity index (χ1v) is 5.39. The Bertz CT molecular complexity index is 504. The molecule has 0 aromatic carbocycles. The highest BCUT2D eigenvalue weighted by atomic mass is 79.9. The molecule has 84 valence electrons. The minimum absolute atomic E-state index is 0.257. The third-order valence-electron chi connectivity index (χ3n) is 1.89. The van der Waals surface area contributed by atoms with E-state index in [2.05, 4.69) is 26.2 Å². The van der Waals surface area contributed by atoms with Gasteiger partial charge in [-0.05, 0) is 28.1 Å². The lowest BCUT2D eigenvalue weighted by atomic mass is 10.4. The van der Waals surface area contributed by atoms with Gasteiger partial charge in [-0.1, -0.05) is 0 Å². The molecule has 0 saturated carbocycles. The number of carbonyl (C=O) groups is 1. The molecule has 0 fully saturated rings. The number of nitrogens with zero attached hydrogens (tertiary/aromatic N) is 1. The Hall–Kier alpha value is -1.56. The number of oxazole rings is 1. The number of hydrogen-bond donors (Lipinski definition) is 1. The van der Waals surface area contributed by atoms with E-state index in [0.29, 0.717) is 22.8 Å². The van der Waals surface area contributed by atoms with Gasteiger partial charge in [0, 0.05) is 6.92 Å². The summed E-state index contributed by atoms with van der Waals surface area (Å²) in [5, 5.41) is 2.67. The Kier molecular flexibility index (Phi) is 3.09. The molecule has 1 amide bonds. The fourth-order valence-electron chi connectivity index (χ4n) is 1.18. The molecule has 0 saturated heterocycles. The SMILES string of the molecule is Cc1nc(CNC(=O)c2ccc(Br)o2)co1. The molecule has 0 atom stereocenters. The average molecular weight is 285 g/mol. The molecule has 1 N–H and O–H groups in total. The minimum Gasteiger partial charge on any atom is -0.449 e. The van der Waals surface area contributed by atoms with Crippen LogP contribution in [0, 0.1) is 6.92 Å². The molecular formula is C10H9BrN2O3. The number of carbonyl (C=O) groups excluding carboxylic acids is 1. The van der Waals surface area contributed by atoms with Gasteiger partial charge in [0.15, 0.2) is 16.3 Å². The van der Waals surface area contributed by atoms with Crippen LogP contribution in [-0.4, -0.2) is 10.9 Å². The van der Waals surface area contributed by atoms with Crippen molar-refractivity contribution in [3.8, 4) is 0 Å². The van der Waals surface area contributed by atoms with Crippen LogP contribution < -0.4 is 5.32 Å². The van der Waals surface area contributed by atoms with Crippen molar-refractivity contribution in [1.29, 1.82) is 0 Å². The third kappa shape index (κ3) is 2.52. The van der Waals surface area contributed by atoms with Crippen molar-refractivity contribution in [1.82, 2.24) is 10.3 Å². The number of nitrogens with one attached hydrogen (secondary N) is 1. The van der Waals surface area contributed by atoms with Crippen LogP contribution in [0.4, 0.5) is 0 Å². The zero-order valence-corrected chi connectivity index (χ0v) is 10.1. The molecule has 5 nitrogen and oxygen atoms in total. The summed E-state index contributed by atoms with van der Waals surface area (Å²) >= 11 is 3.13. The van der Waals surface area contributed by atoms with Crippen LogP contribution in [0.25, 0.3) is 0 Å². The van der Waals surface area contributed by atoms with Crippen LogP contribution in [0.3, 0.4) is 0 Å². The number of furan rings is 1. The largest absolute Gasteiger partial charge is 0.449 e. The number of aryl methyl sites for hydroxylation is 1. The van der Waals surface area contributed by atoms with Crippen molar-refractivity contribution < 1.29 is 13.6 Å². The van der Waals surface area contributed by atoms with E-state index in [4.69, 9.17) is 8.83 Å². The molecule has 6 heteroatoms. The Morgan fingerprint density at radius 1 is 1.56 bits per heavy atom. The maximum atomic E-state index is 11.6. The van der Waals surface area contributed by atoms with Crippen molar-refractivity contribution >= 4 is 21.8 Å². The maximum absolute atomic E-state index is 11.6. The number of aromatic nitrogens is 1. The van der Waals surface area contributed by atoms with Gasteiger partial charge in [-0.25, -0.2) is 4.98 Å². The highest BCUT2D eigenvalue weighted by Crippen LogP contribution is 2.13. The normalized spacial score (nSPS) is 10.4. The van der Waals surface area contributed by atoms with E-state index in [-0.39, 0.29) is 11.7 Å². The highest BCUT2D eigenvalue weighted by Gasteiger charge is 2.10. The minimum atomic E-state index is -0.286. The molecule has 0 unspecified atom stereocenters. The van der Waals surface area contributed by atoms with Gasteiger partial charge < -0.3 is 14.2 Å². The fourth-order valence-corrected chi connectivity index (χ4v) is 1.49. The summed E-state index contributed by atoms with van der Waals surface area (Å²) in [5.41, 5.74) is 0.677. The second-order valence-electron chi connectivity index (χ2n) is 3.14. The van der Waals surface area contributed by atoms with Gasteiger partial charge in [-0.2, -0.15) is 0 Å². The summed E-state index contributed by atoms with van der Waals surface area (Å²) in [5.74, 6) is 0.545. The molecule has 2 aromatic rings. The Labute approximate surface area is 100.0 Å². The highest BCUT2D eigenvalue weighted by molar-refractivity contribution is 9.10. The van der Waals surface area contributed by atoms with Crippen LogP contribution in [-0.2, 0) is 6.54 Å². The van der Waals surface area contributed by atoms with Gasteiger partial charge in [0.2, 0.25) is 0 Å².